The van der Waals surface area contributed by atoms with Gasteiger partial charge in [0.25, 0.3) is 5.91 Å². The van der Waals surface area contributed by atoms with Gasteiger partial charge in [0.05, 0.1) is 19.4 Å². The number of hydrogen-bond acceptors (Lipinski definition) is 5. The molecule has 3 rings (SSSR count). The molecule has 0 radical (unpaired) electrons. The van der Waals surface area contributed by atoms with Gasteiger partial charge in [-0.05, 0) is 36.8 Å². The van der Waals surface area contributed by atoms with Crippen molar-refractivity contribution in [1.82, 2.24) is 0 Å². The first-order chi connectivity index (χ1) is 14.0. The molecule has 0 spiro atoms. The molecule has 2 N–H and O–H groups in total. The number of nitrogens with one attached hydrogen (secondary N) is 2. The number of rotatable bonds is 7. The van der Waals surface area contributed by atoms with Gasteiger partial charge in [0.15, 0.2) is 0 Å². The van der Waals surface area contributed by atoms with Gasteiger partial charge in [-0.25, -0.2) is 0 Å². The van der Waals surface area contributed by atoms with E-state index in [1.54, 1.807) is 18.2 Å². The van der Waals surface area contributed by atoms with Gasteiger partial charge in [-0.2, -0.15) is 0 Å². The highest BCUT2D eigenvalue weighted by Gasteiger charge is 2.19. The van der Waals surface area contributed by atoms with E-state index in [4.69, 9.17) is 9.47 Å². The van der Waals surface area contributed by atoms with Crippen molar-refractivity contribution in [2.24, 2.45) is 0 Å². The van der Waals surface area contributed by atoms with E-state index < -0.39 is 0 Å². The lowest BCUT2D eigenvalue weighted by Crippen LogP contribution is -2.13. The Balaban J connectivity index is 1.88. The third-order valence-electron chi connectivity index (χ3n) is 4.03. The second-order valence-electron chi connectivity index (χ2n) is 6.15. The van der Waals surface area contributed by atoms with Gasteiger partial charge in [0, 0.05) is 17.5 Å². The molecule has 150 valence electrons. The van der Waals surface area contributed by atoms with Gasteiger partial charge in [-0.1, -0.05) is 30.3 Å². The van der Waals surface area contributed by atoms with Crippen molar-refractivity contribution in [2.45, 2.75) is 13.8 Å². The first kappa shape index (κ1) is 20.4. The van der Waals surface area contributed by atoms with E-state index in [9.17, 15) is 9.59 Å². The smallest absolute Gasteiger partial charge is 0.269 e. The Bertz CT molecular complexity index is 1010. The SMILES string of the molecule is CCOc1cc(-c2ccccc2)sc1C(=O)Nc1ccc(OC)c(NC(C)=O)c1. The summed E-state index contributed by atoms with van der Waals surface area (Å²) in [5.41, 5.74) is 2.05. The molecular weight excluding hydrogens is 388 g/mol. The molecule has 2 amide bonds. The van der Waals surface area contributed by atoms with Gasteiger partial charge in [0.2, 0.25) is 5.91 Å². The average Bonchev–Trinajstić information content (AvgIpc) is 3.13. The van der Waals surface area contributed by atoms with E-state index in [2.05, 4.69) is 10.6 Å². The number of hydrogen-bond donors (Lipinski definition) is 2. The van der Waals surface area contributed by atoms with Crippen LogP contribution in [0.15, 0.2) is 54.6 Å². The van der Waals surface area contributed by atoms with Crippen LogP contribution >= 0.6 is 11.3 Å². The molecule has 2 aromatic carbocycles. The molecule has 1 aromatic heterocycles. The first-order valence-corrected chi connectivity index (χ1v) is 9.92. The highest BCUT2D eigenvalue weighted by atomic mass is 32.1. The van der Waals surface area contributed by atoms with E-state index >= 15 is 0 Å². The Morgan fingerprint density at radius 2 is 1.76 bits per heavy atom. The Hall–Kier alpha value is -3.32. The molecule has 0 saturated carbocycles. The van der Waals surface area contributed by atoms with E-state index in [-0.39, 0.29) is 11.8 Å². The highest BCUT2D eigenvalue weighted by molar-refractivity contribution is 7.17. The summed E-state index contributed by atoms with van der Waals surface area (Å²) in [6.45, 7) is 3.75. The van der Waals surface area contributed by atoms with Crippen LogP contribution in [0.2, 0.25) is 0 Å². The molecule has 6 nitrogen and oxygen atoms in total. The summed E-state index contributed by atoms with van der Waals surface area (Å²) in [4.78, 5) is 25.8. The predicted molar refractivity (Wildman–Crippen MR) is 116 cm³/mol. The molecule has 0 aliphatic rings. The number of thiophene rings is 1. The van der Waals surface area contributed by atoms with Crippen LogP contribution in [0.25, 0.3) is 10.4 Å². The molecule has 0 atom stereocenters. The lowest BCUT2D eigenvalue weighted by atomic mass is 10.2. The van der Waals surface area contributed by atoms with Gasteiger partial charge >= 0.3 is 0 Å². The second-order valence-corrected chi connectivity index (χ2v) is 7.21. The standard InChI is InChI=1S/C22H22N2O4S/c1-4-28-19-13-20(15-8-6-5-7-9-15)29-21(19)22(26)24-16-10-11-18(27-3)17(12-16)23-14(2)25/h5-13H,4H2,1-3H3,(H,23,25)(H,24,26). The summed E-state index contributed by atoms with van der Waals surface area (Å²) in [7, 11) is 1.52. The fraction of sp³-hybridized carbons (Fsp3) is 0.182. The number of methoxy groups -OCH3 is 1. The van der Waals surface area contributed by atoms with Gasteiger partial charge in [0.1, 0.15) is 16.4 Å². The third-order valence-corrected chi connectivity index (χ3v) is 5.19. The van der Waals surface area contributed by atoms with Crippen LogP contribution in [0.3, 0.4) is 0 Å². The zero-order valence-electron chi connectivity index (χ0n) is 16.4. The Labute approximate surface area is 173 Å². The molecule has 0 saturated heterocycles. The summed E-state index contributed by atoms with van der Waals surface area (Å²) >= 11 is 1.37. The zero-order valence-corrected chi connectivity index (χ0v) is 17.3. The normalized spacial score (nSPS) is 10.3. The molecule has 0 unspecified atom stereocenters. The monoisotopic (exact) mass is 410 g/mol. The number of ether oxygens (including phenoxy) is 2. The minimum Gasteiger partial charge on any atom is -0.495 e. The largest absolute Gasteiger partial charge is 0.495 e. The summed E-state index contributed by atoms with van der Waals surface area (Å²) in [5, 5.41) is 5.57. The van der Waals surface area contributed by atoms with E-state index in [1.165, 1.54) is 25.4 Å². The second kappa shape index (κ2) is 9.25. The molecular formula is C22H22N2O4S. The fourth-order valence-corrected chi connectivity index (χ4v) is 3.80. The average molecular weight is 410 g/mol. The minimum absolute atomic E-state index is 0.226. The van der Waals surface area contributed by atoms with E-state index in [0.29, 0.717) is 34.4 Å². The van der Waals surface area contributed by atoms with Crippen molar-refractivity contribution in [3.05, 3.63) is 59.5 Å². The number of amides is 2. The molecule has 29 heavy (non-hydrogen) atoms. The van der Waals surface area contributed by atoms with Crippen molar-refractivity contribution in [1.29, 1.82) is 0 Å². The van der Waals surface area contributed by atoms with Crippen molar-refractivity contribution in [3.8, 4) is 21.9 Å². The van der Waals surface area contributed by atoms with E-state index in [0.717, 1.165) is 10.4 Å². The molecule has 1 heterocycles. The lowest BCUT2D eigenvalue weighted by Gasteiger charge is -2.12. The Morgan fingerprint density at radius 1 is 1.00 bits per heavy atom. The van der Waals surface area contributed by atoms with Crippen LogP contribution in [0.5, 0.6) is 11.5 Å². The van der Waals surface area contributed by atoms with E-state index in [1.807, 2.05) is 43.3 Å². The molecule has 0 aliphatic heterocycles. The van der Waals surface area contributed by atoms with Crippen molar-refractivity contribution in [3.63, 3.8) is 0 Å². The first-order valence-electron chi connectivity index (χ1n) is 9.10. The van der Waals surface area contributed by atoms with Gasteiger partial charge < -0.3 is 20.1 Å². The summed E-state index contributed by atoms with van der Waals surface area (Å²) in [6, 6.07) is 16.8. The quantitative estimate of drug-likeness (QED) is 0.573. The van der Waals surface area contributed by atoms with Crippen LogP contribution < -0.4 is 20.1 Å². The predicted octanol–water partition coefficient (Wildman–Crippen LogP) is 5.03. The van der Waals surface area contributed by atoms with Crippen LogP contribution in [0.1, 0.15) is 23.5 Å². The summed E-state index contributed by atoms with van der Waals surface area (Å²) < 4.78 is 10.9. The molecule has 3 aromatic rings. The number of carbonyl (C=O) groups is 2. The topological polar surface area (TPSA) is 76.7 Å². The summed E-state index contributed by atoms with van der Waals surface area (Å²) in [6.07, 6.45) is 0. The third kappa shape index (κ3) is 4.94. The van der Waals surface area contributed by atoms with Crippen LogP contribution in [0.4, 0.5) is 11.4 Å². The van der Waals surface area contributed by atoms with Crippen molar-refractivity contribution in [2.75, 3.05) is 24.4 Å². The van der Waals surface area contributed by atoms with Crippen LogP contribution in [0, 0.1) is 0 Å². The Kier molecular flexibility index (Phi) is 6.51. The van der Waals surface area contributed by atoms with Crippen molar-refractivity contribution < 1.29 is 19.1 Å². The van der Waals surface area contributed by atoms with Crippen molar-refractivity contribution >= 4 is 34.5 Å². The minimum atomic E-state index is -0.278. The lowest BCUT2D eigenvalue weighted by molar-refractivity contribution is -0.114. The van der Waals surface area contributed by atoms with Crippen LogP contribution in [-0.4, -0.2) is 25.5 Å². The Morgan fingerprint density at radius 3 is 2.41 bits per heavy atom. The molecule has 7 heteroatoms. The maximum atomic E-state index is 12.9. The summed E-state index contributed by atoms with van der Waals surface area (Å²) in [5.74, 6) is 0.552. The fourth-order valence-electron chi connectivity index (χ4n) is 2.80. The van der Waals surface area contributed by atoms with Gasteiger partial charge in [-0.3, -0.25) is 9.59 Å². The van der Waals surface area contributed by atoms with Crippen LogP contribution in [-0.2, 0) is 4.79 Å². The maximum Gasteiger partial charge on any atom is 0.269 e. The molecule has 0 bridgehead atoms. The number of carbonyl (C=O) groups excluding carboxylic acids is 2. The van der Waals surface area contributed by atoms with Gasteiger partial charge in [-0.15, -0.1) is 11.3 Å². The molecule has 0 aliphatic carbocycles. The molecule has 0 fully saturated rings. The maximum absolute atomic E-state index is 12.9. The number of benzene rings is 2. The highest BCUT2D eigenvalue weighted by Crippen LogP contribution is 2.37. The zero-order chi connectivity index (χ0) is 20.8. The number of anilines is 2.